The summed E-state index contributed by atoms with van der Waals surface area (Å²) in [6, 6.07) is 8.98. The second kappa shape index (κ2) is 7.98. The number of rotatable bonds is 7. The fourth-order valence-corrected chi connectivity index (χ4v) is 2.99. The number of H-pyrrole nitrogens is 1. The van der Waals surface area contributed by atoms with Crippen molar-refractivity contribution in [1.29, 1.82) is 0 Å². The maximum absolute atomic E-state index is 11.7. The molecule has 0 radical (unpaired) electrons. The van der Waals surface area contributed by atoms with Gasteiger partial charge < -0.3 is 14.2 Å². The number of ether oxygens (including phenoxy) is 1. The fourth-order valence-electron chi connectivity index (χ4n) is 2.26. The molecule has 0 atom stereocenters. The van der Waals surface area contributed by atoms with Crippen LogP contribution in [-0.2, 0) is 12.2 Å². The molecular weight excluding hydrogens is 340 g/mol. The summed E-state index contributed by atoms with van der Waals surface area (Å²) in [5.41, 5.74) is 1.45. The van der Waals surface area contributed by atoms with Crippen molar-refractivity contribution in [2.24, 2.45) is 0 Å². The van der Waals surface area contributed by atoms with Crippen LogP contribution in [-0.4, -0.2) is 27.2 Å². The number of hydrogen-bond acceptors (Lipinski definition) is 7. The number of nitrogens with zero attached hydrogens (tertiary/aromatic N) is 3. The molecule has 2 aromatic heterocycles. The predicted molar refractivity (Wildman–Crippen MR) is 94.7 cm³/mol. The van der Waals surface area contributed by atoms with E-state index in [0.717, 1.165) is 29.8 Å². The number of aryl methyl sites for hydroxylation is 1. The van der Waals surface area contributed by atoms with Crippen LogP contribution < -0.4 is 10.3 Å². The van der Waals surface area contributed by atoms with E-state index in [1.807, 2.05) is 31.2 Å². The first-order chi connectivity index (χ1) is 12.2. The highest BCUT2D eigenvalue weighted by atomic mass is 32.2. The van der Waals surface area contributed by atoms with Crippen LogP contribution in [0.15, 0.2) is 44.8 Å². The van der Waals surface area contributed by atoms with E-state index in [4.69, 9.17) is 9.26 Å². The molecule has 25 heavy (non-hydrogen) atoms. The molecule has 0 saturated heterocycles. The Hall–Kier alpha value is -2.61. The first-order valence-electron chi connectivity index (χ1n) is 7.88. The third kappa shape index (κ3) is 4.48. The lowest BCUT2D eigenvalue weighted by atomic mass is 10.2. The Balaban J connectivity index is 1.70. The molecule has 0 spiro atoms. The fraction of sp³-hybridized carbons (Fsp3) is 0.294. The summed E-state index contributed by atoms with van der Waals surface area (Å²) in [6.45, 7) is 2.05. The Bertz CT molecular complexity index is 907. The highest BCUT2D eigenvalue weighted by Gasteiger charge is 2.11. The van der Waals surface area contributed by atoms with Crippen molar-refractivity contribution >= 4 is 11.8 Å². The Morgan fingerprint density at radius 3 is 2.96 bits per heavy atom. The molecule has 0 amide bonds. The monoisotopic (exact) mass is 358 g/mol. The molecule has 0 aliphatic heterocycles. The van der Waals surface area contributed by atoms with Crippen LogP contribution in [0.5, 0.6) is 5.75 Å². The summed E-state index contributed by atoms with van der Waals surface area (Å²) in [5, 5.41) is 4.54. The van der Waals surface area contributed by atoms with Gasteiger partial charge in [-0.05, 0) is 18.6 Å². The number of methoxy groups -OCH3 is 1. The lowest BCUT2D eigenvalue weighted by molar-refractivity contribution is 0.391. The topological polar surface area (TPSA) is 93.9 Å². The number of aromatic amines is 1. The van der Waals surface area contributed by atoms with Gasteiger partial charge in [-0.25, -0.2) is 4.98 Å². The van der Waals surface area contributed by atoms with Gasteiger partial charge in [-0.1, -0.05) is 42.4 Å². The van der Waals surface area contributed by atoms with Crippen molar-refractivity contribution in [3.8, 4) is 17.1 Å². The van der Waals surface area contributed by atoms with E-state index >= 15 is 0 Å². The van der Waals surface area contributed by atoms with Gasteiger partial charge in [0.2, 0.25) is 11.7 Å². The first-order valence-corrected chi connectivity index (χ1v) is 8.86. The van der Waals surface area contributed by atoms with Gasteiger partial charge in [0, 0.05) is 17.3 Å². The zero-order valence-electron chi connectivity index (χ0n) is 14.0. The van der Waals surface area contributed by atoms with E-state index in [9.17, 15) is 4.79 Å². The summed E-state index contributed by atoms with van der Waals surface area (Å²) in [7, 11) is 1.61. The summed E-state index contributed by atoms with van der Waals surface area (Å²) in [4.78, 5) is 23.2. The van der Waals surface area contributed by atoms with Gasteiger partial charge in [0.25, 0.3) is 5.56 Å². The minimum absolute atomic E-state index is 0.149. The molecule has 7 nitrogen and oxygen atoms in total. The van der Waals surface area contributed by atoms with Crippen molar-refractivity contribution < 1.29 is 9.26 Å². The molecule has 3 aromatic rings. The van der Waals surface area contributed by atoms with Gasteiger partial charge in [0.1, 0.15) is 5.75 Å². The standard InChI is InChI=1S/C17H18N4O3S/c1-3-5-12-9-14(22)19-17(18-12)25-10-15-20-16(21-24-15)11-6-4-7-13(8-11)23-2/h4,6-9H,3,5,10H2,1-2H3,(H,18,19,22). The number of thioether (sulfide) groups is 1. The van der Waals surface area contributed by atoms with Crippen LogP contribution in [0.3, 0.4) is 0 Å². The molecule has 1 N–H and O–H groups in total. The minimum Gasteiger partial charge on any atom is -0.497 e. The maximum Gasteiger partial charge on any atom is 0.251 e. The highest BCUT2D eigenvalue weighted by Crippen LogP contribution is 2.23. The summed E-state index contributed by atoms with van der Waals surface area (Å²) < 4.78 is 10.5. The zero-order valence-corrected chi connectivity index (χ0v) is 14.8. The molecule has 0 bridgehead atoms. The van der Waals surface area contributed by atoms with Crippen molar-refractivity contribution in [3.63, 3.8) is 0 Å². The van der Waals surface area contributed by atoms with Crippen LogP contribution >= 0.6 is 11.8 Å². The van der Waals surface area contributed by atoms with E-state index in [1.165, 1.54) is 17.8 Å². The molecule has 2 heterocycles. The van der Waals surface area contributed by atoms with Gasteiger partial charge in [-0.3, -0.25) is 4.79 Å². The maximum atomic E-state index is 11.7. The average molecular weight is 358 g/mol. The van der Waals surface area contributed by atoms with Gasteiger partial charge in [-0.2, -0.15) is 4.98 Å². The van der Waals surface area contributed by atoms with Gasteiger partial charge in [0.05, 0.1) is 12.9 Å². The van der Waals surface area contributed by atoms with E-state index < -0.39 is 0 Å². The lowest BCUT2D eigenvalue weighted by Crippen LogP contribution is -2.09. The highest BCUT2D eigenvalue weighted by molar-refractivity contribution is 7.98. The number of hydrogen-bond donors (Lipinski definition) is 1. The van der Waals surface area contributed by atoms with Crippen LogP contribution in [0.2, 0.25) is 0 Å². The number of nitrogens with one attached hydrogen (secondary N) is 1. The van der Waals surface area contributed by atoms with Gasteiger partial charge in [-0.15, -0.1) is 0 Å². The van der Waals surface area contributed by atoms with Gasteiger partial charge in [0.15, 0.2) is 5.16 Å². The van der Waals surface area contributed by atoms with Crippen molar-refractivity contribution in [1.82, 2.24) is 20.1 Å². The Kier molecular flexibility index (Phi) is 5.49. The Morgan fingerprint density at radius 2 is 2.16 bits per heavy atom. The van der Waals surface area contributed by atoms with Gasteiger partial charge >= 0.3 is 0 Å². The molecule has 0 aliphatic rings. The average Bonchev–Trinajstić information content (AvgIpc) is 3.09. The van der Waals surface area contributed by atoms with Crippen LogP contribution in [0.1, 0.15) is 24.9 Å². The van der Waals surface area contributed by atoms with Crippen molar-refractivity contribution in [2.75, 3.05) is 7.11 Å². The Morgan fingerprint density at radius 1 is 1.28 bits per heavy atom. The molecular formula is C17H18N4O3S. The molecule has 0 fully saturated rings. The van der Waals surface area contributed by atoms with Crippen molar-refractivity contribution in [3.05, 3.63) is 52.3 Å². The molecule has 8 heteroatoms. The van der Waals surface area contributed by atoms with E-state index in [0.29, 0.717) is 22.6 Å². The largest absolute Gasteiger partial charge is 0.497 e. The quantitative estimate of drug-likeness (QED) is 0.512. The van der Waals surface area contributed by atoms with Crippen molar-refractivity contribution in [2.45, 2.75) is 30.7 Å². The minimum atomic E-state index is -0.149. The molecule has 0 unspecified atom stereocenters. The van der Waals surface area contributed by atoms with E-state index in [1.54, 1.807) is 7.11 Å². The third-order valence-corrected chi connectivity index (χ3v) is 4.27. The smallest absolute Gasteiger partial charge is 0.251 e. The molecule has 130 valence electrons. The predicted octanol–water partition coefficient (Wildman–Crippen LogP) is 3.07. The normalized spacial score (nSPS) is 10.8. The zero-order chi connectivity index (χ0) is 17.6. The van der Waals surface area contributed by atoms with Crippen LogP contribution in [0, 0.1) is 0 Å². The number of benzene rings is 1. The summed E-state index contributed by atoms with van der Waals surface area (Å²) in [5.74, 6) is 2.12. The second-order valence-corrected chi connectivity index (χ2v) is 6.29. The van der Waals surface area contributed by atoms with E-state index in [-0.39, 0.29) is 5.56 Å². The molecule has 0 saturated carbocycles. The van der Waals surface area contributed by atoms with E-state index in [2.05, 4.69) is 20.1 Å². The lowest BCUT2D eigenvalue weighted by Gasteiger charge is -2.01. The SMILES string of the molecule is CCCc1cc(=O)[nH]c(SCc2nc(-c3cccc(OC)c3)no2)n1. The summed E-state index contributed by atoms with van der Waals surface area (Å²) >= 11 is 1.36. The first kappa shape index (κ1) is 17.2. The van der Waals surface area contributed by atoms with Crippen LogP contribution in [0.4, 0.5) is 0 Å². The Labute approximate surface area is 148 Å². The summed E-state index contributed by atoms with van der Waals surface area (Å²) in [6.07, 6.45) is 1.71. The molecule has 1 aromatic carbocycles. The third-order valence-electron chi connectivity index (χ3n) is 3.41. The molecule has 0 aliphatic carbocycles. The number of aromatic nitrogens is 4. The molecule has 3 rings (SSSR count). The second-order valence-electron chi connectivity index (χ2n) is 5.32. The van der Waals surface area contributed by atoms with Crippen LogP contribution in [0.25, 0.3) is 11.4 Å².